The van der Waals surface area contributed by atoms with Gasteiger partial charge in [-0.2, -0.15) is 0 Å². The van der Waals surface area contributed by atoms with Crippen molar-refractivity contribution in [3.63, 3.8) is 0 Å². The molecule has 0 radical (unpaired) electrons. The van der Waals surface area contributed by atoms with Gasteiger partial charge in [0.05, 0.1) is 6.61 Å². The van der Waals surface area contributed by atoms with Crippen molar-refractivity contribution in [3.05, 3.63) is 65.7 Å². The second kappa shape index (κ2) is 9.05. The highest BCUT2D eigenvalue weighted by atomic mass is 16.7. The second-order valence-electron chi connectivity index (χ2n) is 8.28. The lowest BCUT2D eigenvalue weighted by atomic mass is 9.76. The van der Waals surface area contributed by atoms with E-state index in [1.807, 2.05) is 18.2 Å². The summed E-state index contributed by atoms with van der Waals surface area (Å²) in [4.78, 5) is 0. The molecule has 2 heteroatoms. The first-order chi connectivity index (χ1) is 11.8. The van der Waals surface area contributed by atoms with Crippen LogP contribution in [0.25, 0.3) is 0 Å². The maximum Gasteiger partial charge on any atom is 0.189 e. The molecule has 0 bridgehead atoms. The van der Waals surface area contributed by atoms with Crippen LogP contribution in [0.5, 0.6) is 5.75 Å². The van der Waals surface area contributed by atoms with E-state index in [0.29, 0.717) is 23.9 Å². The van der Waals surface area contributed by atoms with Gasteiger partial charge in [0.15, 0.2) is 6.79 Å². The van der Waals surface area contributed by atoms with E-state index >= 15 is 0 Å². The van der Waals surface area contributed by atoms with Crippen LogP contribution in [0, 0.1) is 11.3 Å². The quantitative estimate of drug-likeness (QED) is 0.408. The highest BCUT2D eigenvalue weighted by Gasteiger charge is 2.22. The van der Waals surface area contributed by atoms with Crippen LogP contribution in [0.1, 0.15) is 58.1 Å². The van der Waals surface area contributed by atoms with Crippen molar-refractivity contribution in [1.29, 1.82) is 0 Å². The number of hydrogen-bond donors (Lipinski definition) is 0. The van der Waals surface area contributed by atoms with Gasteiger partial charge in [-0.1, -0.05) is 77.1 Å². The highest BCUT2D eigenvalue weighted by Crippen LogP contribution is 2.36. The molecule has 136 valence electrons. The van der Waals surface area contributed by atoms with Gasteiger partial charge < -0.3 is 9.47 Å². The molecule has 1 atom stereocenters. The second-order valence-corrected chi connectivity index (χ2v) is 8.28. The van der Waals surface area contributed by atoms with Gasteiger partial charge in [-0.3, -0.25) is 0 Å². The smallest absolute Gasteiger partial charge is 0.189 e. The summed E-state index contributed by atoms with van der Waals surface area (Å²) >= 11 is 0. The van der Waals surface area contributed by atoms with Gasteiger partial charge in [-0.25, -0.2) is 0 Å². The summed E-state index contributed by atoms with van der Waals surface area (Å²) in [5, 5.41) is 0. The van der Waals surface area contributed by atoms with Crippen LogP contribution in [0.4, 0.5) is 0 Å². The van der Waals surface area contributed by atoms with Crippen LogP contribution in [0.3, 0.4) is 0 Å². The molecule has 0 aromatic heterocycles. The van der Waals surface area contributed by atoms with Crippen LogP contribution in [-0.2, 0) is 11.3 Å². The Morgan fingerprint density at radius 3 is 2.08 bits per heavy atom. The summed E-state index contributed by atoms with van der Waals surface area (Å²) in [6.07, 6.45) is 1.19. The van der Waals surface area contributed by atoms with E-state index in [2.05, 4.69) is 71.0 Å². The first-order valence-corrected chi connectivity index (χ1v) is 9.19. The molecule has 0 aliphatic rings. The lowest BCUT2D eigenvalue weighted by Gasteiger charge is -2.29. The van der Waals surface area contributed by atoms with Gasteiger partial charge in [-0.15, -0.1) is 0 Å². The molecule has 0 saturated carbocycles. The molecule has 0 saturated heterocycles. The lowest BCUT2D eigenvalue weighted by Crippen LogP contribution is -2.16. The van der Waals surface area contributed by atoms with Crippen molar-refractivity contribution < 1.29 is 9.47 Å². The van der Waals surface area contributed by atoms with E-state index in [1.54, 1.807) is 0 Å². The third-order valence-corrected chi connectivity index (χ3v) is 4.37. The Hall–Kier alpha value is -1.80. The molecule has 0 aliphatic carbocycles. The Bertz CT molecular complexity index is 609. The molecular formula is C23H32O2. The number of hydrogen-bond acceptors (Lipinski definition) is 2. The molecule has 2 aromatic carbocycles. The van der Waals surface area contributed by atoms with Gasteiger partial charge in [0, 0.05) is 0 Å². The molecule has 0 spiro atoms. The molecule has 2 rings (SSSR count). The van der Waals surface area contributed by atoms with Crippen LogP contribution in [0.2, 0.25) is 0 Å². The first-order valence-electron chi connectivity index (χ1n) is 9.19. The fourth-order valence-electron chi connectivity index (χ4n) is 3.05. The van der Waals surface area contributed by atoms with E-state index in [-0.39, 0.29) is 6.79 Å². The molecule has 1 unspecified atom stereocenters. The number of rotatable bonds is 8. The molecule has 25 heavy (non-hydrogen) atoms. The van der Waals surface area contributed by atoms with Gasteiger partial charge in [-0.05, 0) is 46.9 Å². The summed E-state index contributed by atoms with van der Waals surface area (Å²) in [7, 11) is 0. The first kappa shape index (κ1) is 19.5. The average Bonchev–Trinajstić information content (AvgIpc) is 2.57. The van der Waals surface area contributed by atoms with Gasteiger partial charge in [0.2, 0.25) is 0 Å². The van der Waals surface area contributed by atoms with Crippen LogP contribution < -0.4 is 4.74 Å². The highest BCUT2D eigenvalue weighted by molar-refractivity contribution is 5.30. The molecule has 0 amide bonds. The molecule has 0 fully saturated rings. The monoisotopic (exact) mass is 340 g/mol. The summed E-state index contributed by atoms with van der Waals surface area (Å²) in [5.74, 6) is 2.05. The van der Waals surface area contributed by atoms with E-state index in [4.69, 9.17) is 9.47 Å². The minimum Gasteiger partial charge on any atom is -0.468 e. The number of benzene rings is 2. The molecule has 2 nitrogen and oxygen atoms in total. The Balaban J connectivity index is 1.86. The zero-order valence-electron chi connectivity index (χ0n) is 16.3. The summed E-state index contributed by atoms with van der Waals surface area (Å²) in [5.41, 5.74) is 2.88. The summed E-state index contributed by atoms with van der Waals surface area (Å²) in [6.45, 7) is 12.4. The maximum atomic E-state index is 5.70. The van der Waals surface area contributed by atoms with Gasteiger partial charge in [0.25, 0.3) is 0 Å². The van der Waals surface area contributed by atoms with Crippen molar-refractivity contribution in [2.24, 2.45) is 11.3 Å². The predicted octanol–water partition coefficient (Wildman–Crippen LogP) is 6.42. The molecule has 0 N–H and O–H groups in total. The third kappa shape index (κ3) is 6.91. The van der Waals surface area contributed by atoms with Crippen molar-refractivity contribution in [3.8, 4) is 5.75 Å². The summed E-state index contributed by atoms with van der Waals surface area (Å²) < 4.78 is 11.3. The maximum absolute atomic E-state index is 5.70. The van der Waals surface area contributed by atoms with Crippen molar-refractivity contribution >= 4 is 0 Å². The normalized spacial score (nSPS) is 13.0. The Kier molecular flexibility index (Phi) is 7.07. The van der Waals surface area contributed by atoms with Crippen LogP contribution >= 0.6 is 0 Å². The average molecular weight is 341 g/mol. The van der Waals surface area contributed by atoms with Crippen molar-refractivity contribution in [1.82, 2.24) is 0 Å². The molecule has 2 aromatic rings. The largest absolute Gasteiger partial charge is 0.468 e. The van der Waals surface area contributed by atoms with E-state index in [9.17, 15) is 0 Å². The SMILES string of the molecule is CC(C)C(CC(C)(C)C)c1ccc(OCOCc2ccccc2)cc1. The van der Waals surface area contributed by atoms with E-state index < -0.39 is 0 Å². The molecule has 0 aliphatic heterocycles. The van der Waals surface area contributed by atoms with Gasteiger partial charge in [0.1, 0.15) is 5.75 Å². The Morgan fingerprint density at radius 1 is 0.880 bits per heavy atom. The number of ether oxygens (including phenoxy) is 2. The Morgan fingerprint density at radius 2 is 1.52 bits per heavy atom. The zero-order chi connectivity index (χ0) is 18.3. The fraction of sp³-hybridized carbons (Fsp3) is 0.478. The van der Waals surface area contributed by atoms with Gasteiger partial charge >= 0.3 is 0 Å². The molecular weight excluding hydrogens is 308 g/mol. The zero-order valence-corrected chi connectivity index (χ0v) is 16.3. The van der Waals surface area contributed by atoms with Crippen LogP contribution in [0.15, 0.2) is 54.6 Å². The van der Waals surface area contributed by atoms with Crippen LogP contribution in [-0.4, -0.2) is 6.79 Å². The standard InChI is InChI=1S/C23H32O2/c1-18(2)22(15-23(3,4)5)20-11-13-21(14-12-20)25-17-24-16-19-9-7-6-8-10-19/h6-14,18,22H,15-17H2,1-5H3. The predicted molar refractivity (Wildman–Crippen MR) is 105 cm³/mol. The lowest BCUT2D eigenvalue weighted by molar-refractivity contribution is 0.00503. The minimum absolute atomic E-state index is 0.268. The van der Waals surface area contributed by atoms with Crippen molar-refractivity contribution in [2.75, 3.05) is 6.79 Å². The fourth-order valence-corrected chi connectivity index (χ4v) is 3.05. The van der Waals surface area contributed by atoms with E-state index in [0.717, 1.165) is 11.3 Å². The minimum atomic E-state index is 0.268. The van der Waals surface area contributed by atoms with Crippen molar-refractivity contribution in [2.45, 2.75) is 53.6 Å². The topological polar surface area (TPSA) is 18.5 Å². The third-order valence-electron chi connectivity index (χ3n) is 4.37. The summed E-state index contributed by atoms with van der Waals surface area (Å²) in [6, 6.07) is 18.6. The van der Waals surface area contributed by atoms with E-state index in [1.165, 1.54) is 12.0 Å². The molecule has 0 heterocycles. The Labute approximate surface area is 153 Å².